The highest BCUT2D eigenvalue weighted by molar-refractivity contribution is 5.80. The first kappa shape index (κ1) is 13.5. The fraction of sp³-hybridized carbons (Fsp3) is 0.312. The van der Waals surface area contributed by atoms with Crippen molar-refractivity contribution in [2.24, 2.45) is 0 Å². The van der Waals surface area contributed by atoms with Gasteiger partial charge in [0.2, 0.25) is 0 Å². The third kappa shape index (κ3) is 2.35. The van der Waals surface area contributed by atoms with Gasteiger partial charge in [0.15, 0.2) is 0 Å². The summed E-state index contributed by atoms with van der Waals surface area (Å²) in [6.07, 6.45) is 1.59. The highest BCUT2D eigenvalue weighted by Gasteiger charge is 2.21. The summed E-state index contributed by atoms with van der Waals surface area (Å²) in [4.78, 5) is 28.3. The Kier molecular flexibility index (Phi) is 3.33. The quantitative estimate of drug-likeness (QED) is 0.596. The summed E-state index contributed by atoms with van der Waals surface area (Å²) >= 11 is 0. The van der Waals surface area contributed by atoms with E-state index < -0.39 is 0 Å². The minimum atomic E-state index is -0.361. The topological polar surface area (TPSA) is 61.2 Å². The molecule has 2 aromatic rings. The number of rotatable bonds is 1. The van der Waals surface area contributed by atoms with Gasteiger partial charge in [0, 0.05) is 19.0 Å². The molecule has 1 aliphatic rings. The molecule has 1 aliphatic heterocycles. The number of allylic oxidation sites excluding steroid dienone is 2. The van der Waals surface area contributed by atoms with Gasteiger partial charge in [-0.1, -0.05) is 12.1 Å². The van der Waals surface area contributed by atoms with Crippen LogP contribution in [0.5, 0.6) is 0 Å². The number of nitrogens with zero attached hydrogens (tertiary/aromatic N) is 2. The molecular weight excluding hydrogens is 268 g/mol. The number of para-hydroxylation sites is 1. The van der Waals surface area contributed by atoms with Gasteiger partial charge < -0.3 is 4.74 Å². The van der Waals surface area contributed by atoms with E-state index in [1.807, 2.05) is 18.2 Å². The Morgan fingerprint density at radius 1 is 1.29 bits per heavy atom. The van der Waals surface area contributed by atoms with E-state index in [1.54, 1.807) is 17.6 Å². The minimum absolute atomic E-state index is 0.0385. The molecule has 1 aromatic carbocycles. The van der Waals surface area contributed by atoms with Crippen LogP contribution in [0.3, 0.4) is 0 Å². The summed E-state index contributed by atoms with van der Waals surface area (Å²) < 4.78 is 6.86. The highest BCUT2D eigenvalue weighted by atomic mass is 16.5. The van der Waals surface area contributed by atoms with Crippen LogP contribution in [0.1, 0.15) is 32.5 Å². The molecule has 0 fully saturated rings. The van der Waals surface area contributed by atoms with Crippen LogP contribution < -0.4 is 5.56 Å². The Morgan fingerprint density at radius 2 is 2.05 bits per heavy atom. The first-order valence-corrected chi connectivity index (χ1v) is 6.96. The lowest BCUT2D eigenvalue weighted by atomic mass is 10.0. The van der Waals surface area contributed by atoms with Crippen LogP contribution in [0, 0.1) is 0 Å². The molecule has 108 valence electrons. The number of ether oxygens (including phenoxy) is 1. The van der Waals surface area contributed by atoms with Gasteiger partial charge in [0.05, 0.1) is 10.9 Å². The molecular formula is C16H16N2O3. The minimum Gasteiger partial charge on any atom is -0.431 e. The maximum Gasteiger partial charge on any atom is 0.307 e. The molecule has 0 atom stereocenters. The molecule has 0 aliphatic carbocycles. The molecule has 0 saturated heterocycles. The van der Waals surface area contributed by atoms with Gasteiger partial charge in [-0.25, -0.2) is 4.98 Å². The van der Waals surface area contributed by atoms with Crippen molar-refractivity contribution in [3.8, 4) is 0 Å². The molecule has 0 saturated carbocycles. The molecule has 5 heteroatoms. The normalized spacial score (nSPS) is 16.5. The van der Waals surface area contributed by atoms with Crippen LogP contribution in [-0.2, 0) is 16.1 Å². The van der Waals surface area contributed by atoms with E-state index in [-0.39, 0.29) is 11.5 Å². The number of benzene rings is 1. The maximum absolute atomic E-state index is 12.6. The van der Waals surface area contributed by atoms with Gasteiger partial charge in [0.1, 0.15) is 11.6 Å². The Balaban J connectivity index is 2.27. The molecule has 21 heavy (non-hydrogen) atoms. The van der Waals surface area contributed by atoms with E-state index >= 15 is 0 Å². The van der Waals surface area contributed by atoms with E-state index in [0.717, 1.165) is 18.4 Å². The average Bonchev–Trinajstić information content (AvgIpc) is 2.46. The maximum atomic E-state index is 12.6. The fourth-order valence-electron chi connectivity index (χ4n) is 2.74. The third-order valence-electron chi connectivity index (χ3n) is 3.66. The lowest BCUT2D eigenvalue weighted by Crippen LogP contribution is -2.28. The molecule has 1 aromatic heterocycles. The third-order valence-corrected chi connectivity index (χ3v) is 3.66. The van der Waals surface area contributed by atoms with Crippen molar-refractivity contribution in [3.05, 3.63) is 46.2 Å². The standard InChI is InChI=1S/C16H16N2O3/c1-10(21-11(2)19)12-7-5-9-18-15(12)17-14-8-4-3-6-13(14)16(18)20/h3-4,6,8H,5,7,9H2,1-2H3/b12-10-. The molecule has 5 nitrogen and oxygen atoms in total. The lowest BCUT2D eigenvalue weighted by Gasteiger charge is -2.22. The fourth-order valence-corrected chi connectivity index (χ4v) is 2.74. The number of carbonyl (C=O) groups is 1. The number of hydrogen-bond donors (Lipinski definition) is 0. The van der Waals surface area contributed by atoms with Crippen molar-refractivity contribution in [2.45, 2.75) is 33.2 Å². The van der Waals surface area contributed by atoms with Crippen LogP contribution in [0.4, 0.5) is 0 Å². The van der Waals surface area contributed by atoms with Gasteiger partial charge in [0.25, 0.3) is 5.56 Å². The first-order valence-electron chi connectivity index (χ1n) is 6.96. The zero-order chi connectivity index (χ0) is 15.0. The smallest absolute Gasteiger partial charge is 0.307 e. The molecule has 0 radical (unpaired) electrons. The number of esters is 1. The van der Waals surface area contributed by atoms with Crippen molar-refractivity contribution >= 4 is 22.4 Å². The molecule has 3 rings (SSSR count). The van der Waals surface area contributed by atoms with Gasteiger partial charge in [-0.2, -0.15) is 0 Å². The average molecular weight is 284 g/mol. The van der Waals surface area contributed by atoms with Gasteiger partial charge in [-0.05, 0) is 31.9 Å². The van der Waals surface area contributed by atoms with E-state index in [2.05, 4.69) is 4.98 Å². The zero-order valence-corrected chi connectivity index (χ0v) is 12.0. The highest BCUT2D eigenvalue weighted by Crippen LogP contribution is 2.28. The Hall–Kier alpha value is -2.43. The second-order valence-electron chi connectivity index (χ2n) is 5.14. The van der Waals surface area contributed by atoms with Crippen LogP contribution in [0.25, 0.3) is 16.5 Å². The summed E-state index contributed by atoms with van der Waals surface area (Å²) in [6, 6.07) is 7.30. The Bertz CT molecular complexity index is 818. The Morgan fingerprint density at radius 3 is 2.81 bits per heavy atom. The largest absolute Gasteiger partial charge is 0.431 e. The van der Waals surface area contributed by atoms with Crippen molar-refractivity contribution in [1.29, 1.82) is 0 Å². The predicted octanol–water partition coefficient (Wildman–Crippen LogP) is 2.48. The zero-order valence-electron chi connectivity index (χ0n) is 12.0. The van der Waals surface area contributed by atoms with Crippen molar-refractivity contribution in [3.63, 3.8) is 0 Å². The van der Waals surface area contributed by atoms with Crippen LogP contribution >= 0.6 is 0 Å². The summed E-state index contributed by atoms with van der Waals surface area (Å²) in [5.74, 6) is 0.780. The molecule has 0 spiro atoms. The summed E-state index contributed by atoms with van der Waals surface area (Å²) in [7, 11) is 0. The van der Waals surface area contributed by atoms with E-state index in [0.29, 0.717) is 29.0 Å². The van der Waals surface area contributed by atoms with Crippen molar-refractivity contribution < 1.29 is 9.53 Å². The van der Waals surface area contributed by atoms with Gasteiger partial charge >= 0.3 is 5.97 Å². The van der Waals surface area contributed by atoms with Crippen molar-refractivity contribution in [2.75, 3.05) is 0 Å². The molecule has 0 bridgehead atoms. The Labute approximate surface area is 121 Å². The van der Waals surface area contributed by atoms with E-state index in [1.165, 1.54) is 6.92 Å². The second-order valence-corrected chi connectivity index (χ2v) is 5.14. The molecule has 0 unspecified atom stereocenters. The van der Waals surface area contributed by atoms with Crippen LogP contribution in [0.2, 0.25) is 0 Å². The monoisotopic (exact) mass is 284 g/mol. The summed E-state index contributed by atoms with van der Waals surface area (Å²) in [6.45, 7) is 3.75. The van der Waals surface area contributed by atoms with Gasteiger partial charge in [-0.3, -0.25) is 14.2 Å². The SMILES string of the molecule is CC(=O)O/C(C)=C1/CCCn2c1nc1ccccc1c2=O. The molecule has 2 heterocycles. The van der Waals surface area contributed by atoms with E-state index in [9.17, 15) is 9.59 Å². The predicted molar refractivity (Wildman–Crippen MR) is 79.6 cm³/mol. The summed E-state index contributed by atoms with van der Waals surface area (Å²) in [5, 5.41) is 0.618. The van der Waals surface area contributed by atoms with Crippen LogP contribution in [-0.4, -0.2) is 15.5 Å². The van der Waals surface area contributed by atoms with Gasteiger partial charge in [-0.15, -0.1) is 0 Å². The number of hydrogen-bond acceptors (Lipinski definition) is 4. The van der Waals surface area contributed by atoms with Crippen molar-refractivity contribution in [1.82, 2.24) is 9.55 Å². The lowest BCUT2D eigenvalue weighted by molar-refractivity contribution is -0.136. The second kappa shape index (κ2) is 5.16. The summed E-state index contributed by atoms with van der Waals surface area (Å²) in [5.41, 5.74) is 1.46. The molecule has 0 N–H and O–H groups in total. The number of fused-ring (bicyclic) bond motifs is 2. The van der Waals surface area contributed by atoms with E-state index in [4.69, 9.17) is 4.74 Å². The number of aromatic nitrogens is 2. The molecule has 0 amide bonds. The number of carbonyl (C=O) groups excluding carboxylic acids is 1. The first-order chi connectivity index (χ1) is 10.1. The van der Waals surface area contributed by atoms with Crippen LogP contribution in [0.15, 0.2) is 34.8 Å².